The number of hydrogen-bond donors (Lipinski definition) is 0. The molecule has 0 aliphatic rings. The summed E-state index contributed by atoms with van der Waals surface area (Å²) in [6, 6.07) is 0. The van der Waals surface area contributed by atoms with Crippen LogP contribution in [0.1, 0.15) is 6.92 Å². The Morgan fingerprint density at radius 1 is 1.00 bits per heavy atom. The molecule has 0 heterocycles. The molecular weight excluding hydrogens is 183 g/mol. The molecule has 0 aliphatic heterocycles. The molecule has 0 N–H and O–H groups in total. The quantitative estimate of drug-likeness (QED) is 0.387. The molecule has 0 rings (SSSR count). The van der Waals surface area contributed by atoms with Gasteiger partial charge in [-0.3, -0.25) is 6.29 Å². The molecule has 0 amide bonds. The maximum absolute atomic E-state index is 8.68. The molecule has 0 fully saturated rings. The fourth-order valence-corrected chi connectivity index (χ4v) is 0. The third-order valence-corrected chi connectivity index (χ3v) is 0. The maximum Gasteiger partial charge on any atom is 0 e. The van der Waals surface area contributed by atoms with E-state index in [4.69, 9.17) is 18.8 Å². The van der Waals surface area contributed by atoms with Crippen molar-refractivity contribution in [2.24, 2.45) is 0 Å². The number of rotatable bonds is 0. The average molecular weight is 186 g/mol. The molecule has 0 atom stereocenters. The molecule has 0 aromatic heterocycles. The first kappa shape index (κ1) is 34.3. The minimum Gasteiger partial charge on any atom is 0 e. The van der Waals surface area contributed by atoms with Gasteiger partial charge in [0.15, 0.2) is 0 Å². The van der Waals surface area contributed by atoms with Crippen LogP contribution in [0.15, 0.2) is 0 Å². The Kier molecular flexibility index (Phi) is 10000. The van der Waals surface area contributed by atoms with Crippen molar-refractivity contribution in [1.29, 1.82) is 0 Å². The molecule has 0 bridgehead atoms. The molecule has 0 unspecified atom stereocenters. The topological polar surface area (TPSA) is 76.8 Å². The fourth-order valence-electron chi connectivity index (χ4n) is 0. The average Bonchev–Trinajstić information content (AvgIpc) is 2.01. The van der Waals surface area contributed by atoms with Crippen LogP contribution in [-0.4, -0.2) is 6.29 Å². The van der Waals surface area contributed by atoms with Crippen molar-refractivity contribution in [3.05, 3.63) is 20.0 Å². The largest absolute Gasteiger partial charge is 0 e. The minimum absolute atomic E-state index is 0. The molecule has 5 heteroatoms. The van der Waals surface area contributed by atoms with Crippen molar-refractivity contribution in [1.82, 2.24) is 0 Å². The zero-order valence-corrected chi connectivity index (χ0v) is 6.01. The van der Waals surface area contributed by atoms with Crippen LogP contribution in [-0.2, 0) is 35.5 Å². The minimum atomic E-state index is 0. The first-order valence-corrected chi connectivity index (χ1v) is 1.32. The van der Waals surface area contributed by atoms with Crippen molar-refractivity contribution >= 4 is 6.29 Å². The molecule has 0 saturated carbocycles. The summed E-state index contributed by atoms with van der Waals surface area (Å²) >= 11 is 0. The third-order valence-electron chi connectivity index (χ3n) is 0. The van der Waals surface area contributed by atoms with Gasteiger partial charge in [0.05, 0.1) is 0 Å². The molecule has 0 aromatic rings. The summed E-state index contributed by atoms with van der Waals surface area (Å²) in [6.45, 7) is 14.8. The second-order valence-electron chi connectivity index (χ2n) is 0.204. The smallest absolute Gasteiger partial charge is 0 e. The Labute approximate surface area is 69.3 Å². The number of hydrogen-bond acceptors (Lipinski definition) is 1. The van der Waals surface area contributed by atoms with Gasteiger partial charge in [-0.05, 0) is 0 Å². The van der Waals surface area contributed by atoms with Gasteiger partial charge < -0.3 is 4.79 Å². The van der Waals surface area contributed by atoms with Crippen molar-refractivity contribution in [2.45, 2.75) is 6.92 Å². The van der Waals surface area contributed by atoms with Gasteiger partial charge in [0.1, 0.15) is 0 Å². The molecule has 1 radical (unpaired) electrons. The predicted molar refractivity (Wildman–Crippen MR) is 23.2 cm³/mol. The van der Waals surface area contributed by atoms with Crippen LogP contribution >= 0.6 is 0 Å². The van der Waals surface area contributed by atoms with Crippen molar-refractivity contribution in [2.75, 3.05) is 0 Å². The molecule has 0 aromatic carbocycles. The standard InChI is InChI=1S/C2H3O.3CO.Co/c1-2-3;3*1-2;/h1H3;;;;/q-1;;;;. The van der Waals surface area contributed by atoms with Gasteiger partial charge in [0.2, 0.25) is 0 Å². The monoisotopic (exact) mass is 186 g/mol. The molecule has 57 valence electrons. The Morgan fingerprint density at radius 3 is 1.00 bits per heavy atom. The summed E-state index contributed by atoms with van der Waals surface area (Å²) in [4.78, 5) is 8.68. The van der Waals surface area contributed by atoms with Crippen molar-refractivity contribution < 1.29 is 35.5 Å². The third kappa shape index (κ3) is 831. The summed E-state index contributed by atoms with van der Waals surface area (Å²) in [7, 11) is 0. The predicted octanol–water partition coefficient (Wildman–Crippen LogP) is 0.000970. The van der Waals surface area contributed by atoms with E-state index in [1.807, 2.05) is 0 Å². The van der Waals surface area contributed by atoms with Crippen LogP contribution in [0.2, 0.25) is 0 Å². The second-order valence-corrected chi connectivity index (χ2v) is 0.204. The van der Waals surface area contributed by atoms with Gasteiger partial charge in [0, 0.05) is 16.8 Å². The van der Waals surface area contributed by atoms with Crippen LogP contribution in [0, 0.1) is 20.0 Å². The van der Waals surface area contributed by atoms with E-state index < -0.39 is 0 Å². The Morgan fingerprint density at radius 2 is 1.00 bits per heavy atom. The van der Waals surface area contributed by atoms with Gasteiger partial charge in [-0.2, -0.15) is 6.92 Å². The van der Waals surface area contributed by atoms with E-state index in [2.05, 4.69) is 20.0 Å². The summed E-state index contributed by atoms with van der Waals surface area (Å²) < 4.78 is 22.5. The Bertz CT molecular complexity index is 69.1. The van der Waals surface area contributed by atoms with Gasteiger partial charge in [0.25, 0.3) is 0 Å². The summed E-state index contributed by atoms with van der Waals surface area (Å²) in [5.41, 5.74) is 0. The van der Waals surface area contributed by atoms with E-state index in [1.54, 1.807) is 0 Å². The van der Waals surface area contributed by atoms with E-state index in [-0.39, 0.29) is 16.8 Å². The molecule has 4 nitrogen and oxygen atoms in total. The number of carbonyl (C=O) groups excluding carboxylic acids is 1. The maximum atomic E-state index is 8.68. The zero-order chi connectivity index (χ0) is 8.71. The first-order valence-electron chi connectivity index (χ1n) is 1.32. The van der Waals surface area contributed by atoms with Gasteiger partial charge >= 0.3 is 33.9 Å². The molecule has 0 saturated heterocycles. The van der Waals surface area contributed by atoms with Crippen LogP contribution < -0.4 is 0 Å². The first-order chi connectivity index (χ1) is 4.41. The van der Waals surface area contributed by atoms with E-state index in [9.17, 15) is 0 Å². The van der Waals surface area contributed by atoms with Gasteiger partial charge in [-0.1, -0.05) is 0 Å². The Balaban J connectivity index is -0.0000000110. The van der Waals surface area contributed by atoms with Crippen molar-refractivity contribution in [3.8, 4) is 0 Å². The van der Waals surface area contributed by atoms with Gasteiger partial charge in [-0.25, -0.2) is 0 Å². The zero-order valence-electron chi connectivity index (χ0n) is 4.97. The van der Waals surface area contributed by atoms with E-state index in [0.717, 1.165) is 0 Å². The van der Waals surface area contributed by atoms with Crippen LogP contribution in [0.4, 0.5) is 0 Å². The van der Waals surface area contributed by atoms with Crippen LogP contribution in [0.3, 0.4) is 0 Å². The van der Waals surface area contributed by atoms with Crippen LogP contribution in [0.5, 0.6) is 0 Å². The van der Waals surface area contributed by atoms with E-state index in [1.165, 1.54) is 13.2 Å². The van der Waals surface area contributed by atoms with Gasteiger partial charge in [-0.15, -0.1) is 0 Å². The summed E-state index contributed by atoms with van der Waals surface area (Å²) in [5, 5.41) is 0. The molecular formula is C5H3CoO4-. The fraction of sp³-hybridized carbons (Fsp3) is 0.200. The molecule has 10 heavy (non-hydrogen) atoms. The van der Waals surface area contributed by atoms with Crippen molar-refractivity contribution in [3.63, 3.8) is 0 Å². The molecule has 0 spiro atoms. The summed E-state index contributed by atoms with van der Waals surface area (Å²) in [6.07, 6.45) is 1.50. The van der Waals surface area contributed by atoms with Crippen LogP contribution in [0.25, 0.3) is 0 Å². The molecule has 0 aliphatic carbocycles. The van der Waals surface area contributed by atoms with E-state index in [0.29, 0.717) is 0 Å². The van der Waals surface area contributed by atoms with E-state index >= 15 is 0 Å². The second kappa shape index (κ2) is 2920. The normalized spacial score (nSPS) is 1.90. The Hall–Kier alpha value is -0.604. The SMILES string of the molecule is C[C-]=O.[C-]#[O+].[C-]#[O+].[C-]#[O+].[Co]. The summed E-state index contributed by atoms with van der Waals surface area (Å²) in [5.74, 6) is 0.